The maximum atomic E-state index is 11.0. The lowest BCUT2D eigenvalue weighted by molar-refractivity contribution is -0.126. The summed E-state index contributed by atoms with van der Waals surface area (Å²) in [7, 11) is 0. The Balaban J connectivity index is 2.41. The van der Waals surface area contributed by atoms with E-state index >= 15 is 0 Å². The van der Waals surface area contributed by atoms with Crippen molar-refractivity contribution in [2.45, 2.75) is 25.7 Å². The van der Waals surface area contributed by atoms with E-state index in [4.69, 9.17) is 11.6 Å². The third kappa shape index (κ3) is 3.20. The second-order valence-electron chi connectivity index (χ2n) is 2.97. The van der Waals surface area contributed by atoms with Crippen LogP contribution in [0.2, 0.25) is 0 Å². The number of carbonyl (C=O) groups excluding carboxylic acids is 2. The molecule has 0 bridgehead atoms. The van der Waals surface area contributed by atoms with E-state index in [1.807, 2.05) is 6.92 Å². The molecular formula is C7H12ClN3O2. The number of amides is 2. The highest BCUT2D eigenvalue weighted by Gasteiger charge is 2.23. The molecule has 1 aliphatic heterocycles. The van der Waals surface area contributed by atoms with Gasteiger partial charge in [0.05, 0.1) is 0 Å². The van der Waals surface area contributed by atoms with Gasteiger partial charge in [0.25, 0.3) is 0 Å². The molecule has 3 N–H and O–H groups in total. The smallest absolute Gasteiger partial charge is 0.237 e. The second-order valence-corrected chi connectivity index (χ2v) is 3.24. The lowest BCUT2D eigenvalue weighted by Gasteiger charge is -2.29. The van der Waals surface area contributed by atoms with Crippen LogP contribution in [0.25, 0.3) is 0 Å². The van der Waals surface area contributed by atoms with Crippen LogP contribution in [0.15, 0.2) is 0 Å². The standard InChI is InChI=1S/C7H12ClN3O2/c1-4-2-5(12)10-7(9-4)11-6(13)3-8/h4,7,9H,2-3H2,1H3,(H,10,12)(H,11,13). The van der Waals surface area contributed by atoms with Crippen molar-refractivity contribution in [1.82, 2.24) is 16.0 Å². The molecule has 13 heavy (non-hydrogen) atoms. The number of alkyl halides is 1. The molecule has 0 saturated carbocycles. The van der Waals surface area contributed by atoms with Gasteiger partial charge in [-0.2, -0.15) is 0 Å². The molecule has 2 unspecified atom stereocenters. The van der Waals surface area contributed by atoms with E-state index in [0.717, 1.165) is 0 Å². The monoisotopic (exact) mass is 205 g/mol. The molecule has 6 heteroatoms. The molecule has 1 saturated heterocycles. The molecule has 0 aromatic heterocycles. The molecule has 0 radical (unpaired) electrons. The molecule has 0 aromatic carbocycles. The first-order valence-electron chi connectivity index (χ1n) is 4.02. The zero-order valence-corrected chi connectivity index (χ0v) is 8.02. The Bertz CT molecular complexity index is 222. The van der Waals surface area contributed by atoms with Crippen LogP contribution in [0.5, 0.6) is 0 Å². The minimum atomic E-state index is -0.498. The summed E-state index contributed by atoms with van der Waals surface area (Å²) >= 11 is 5.29. The van der Waals surface area contributed by atoms with Crippen molar-refractivity contribution in [3.05, 3.63) is 0 Å². The molecule has 5 nitrogen and oxygen atoms in total. The molecule has 0 aromatic rings. The first-order valence-corrected chi connectivity index (χ1v) is 4.56. The van der Waals surface area contributed by atoms with Crippen molar-refractivity contribution in [3.63, 3.8) is 0 Å². The molecule has 0 spiro atoms. The number of hydrogen-bond donors (Lipinski definition) is 3. The molecule has 1 fully saturated rings. The van der Waals surface area contributed by atoms with E-state index in [1.54, 1.807) is 0 Å². The van der Waals surface area contributed by atoms with Crippen LogP contribution in [-0.4, -0.2) is 30.0 Å². The van der Waals surface area contributed by atoms with Crippen molar-refractivity contribution in [1.29, 1.82) is 0 Å². The van der Waals surface area contributed by atoms with Crippen LogP contribution in [0.1, 0.15) is 13.3 Å². The fourth-order valence-corrected chi connectivity index (χ4v) is 1.24. The Morgan fingerprint density at radius 2 is 2.46 bits per heavy atom. The van der Waals surface area contributed by atoms with E-state index in [1.165, 1.54) is 0 Å². The predicted molar refractivity (Wildman–Crippen MR) is 48.0 cm³/mol. The molecule has 2 atom stereocenters. The average Bonchev–Trinajstić information content (AvgIpc) is 2.02. The summed E-state index contributed by atoms with van der Waals surface area (Å²) in [6.45, 7) is 1.87. The summed E-state index contributed by atoms with van der Waals surface area (Å²) in [5.74, 6) is -0.498. The summed E-state index contributed by atoms with van der Waals surface area (Å²) in [6.07, 6.45) is -0.0738. The summed E-state index contributed by atoms with van der Waals surface area (Å²) < 4.78 is 0. The highest BCUT2D eigenvalue weighted by Crippen LogP contribution is 1.97. The van der Waals surface area contributed by atoms with Crippen molar-refractivity contribution >= 4 is 23.4 Å². The normalized spacial score (nSPS) is 28.0. The van der Waals surface area contributed by atoms with Gasteiger partial charge in [0, 0.05) is 12.5 Å². The third-order valence-electron chi connectivity index (χ3n) is 1.67. The Labute approximate surface area is 81.2 Å². The number of carbonyl (C=O) groups is 2. The van der Waals surface area contributed by atoms with Crippen LogP contribution in [0, 0.1) is 0 Å². The molecular weight excluding hydrogens is 194 g/mol. The SMILES string of the molecule is CC1CC(=O)NC(NC(=O)CCl)N1. The van der Waals surface area contributed by atoms with Crippen LogP contribution in [0.3, 0.4) is 0 Å². The van der Waals surface area contributed by atoms with E-state index in [-0.39, 0.29) is 23.7 Å². The van der Waals surface area contributed by atoms with Gasteiger partial charge in [0.2, 0.25) is 11.8 Å². The number of rotatable bonds is 2. The number of nitrogens with one attached hydrogen (secondary N) is 3. The first kappa shape index (κ1) is 10.3. The summed E-state index contributed by atoms with van der Waals surface area (Å²) in [5.41, 5.74) is 0. The van der Waals surface area contributed by atoms with Gasteiger partial charge < -0.3 is 10.6 Å². The minimum Gasteiger partial charge on any atom is -0.323 e. The van der Waals surface area contributed by atoms with Gasteiger partial charge >= 0.3 is 0 Å². The summed E-state index contributed by atoms with van der Waals surface area (Å²) in [6, 6.07) is 0.0642. The number of halogens is 1. The highest BCUT2D eigenvalue weighted by atomic mass is 35.5. The quantitative estimate of drug-likeness (QED) is 0.513. The molecule has 74 valence electrons. The highest BCUT2D eigenvalue weighted by molar-refractivity contribution is 6.27. The summed E-state index contributed by atoms with van der Waals surface area (Å²) in [5, 5.41) is 8.08. The van der Waals surface area contributed by atoms with Gasteiger partial charge in [0.1, 0.15) is 5.88 Å². The lowest BCUT2D eigenvalue weighted by Crippen LogP contribution is -2.63. The van der Waals surface area contributed by atoms with Gasteiger partial charge in [0.15, 0.2) is 6.29 Å². The zero-order chi connectivity index (χ0) is 9.84. The second kappa shape index (κ2) is 4.43. The van der Waals surface area contributed by atoms with Crippen molar-refractivity contribution < 1.29 is 9.59 Å². The fourth-order valence-electron chi connectivity index (χ4n) is 1.16. The van der Waals surface area contributed by atoms with Crippen molar-refractivity contribution in [3.8, 4) is 0 Å². The van der Waals surface area contributed by atoms with Gasteiger partial charge in [-0.25, -0.2) is 0 Å². The van der Waals surface area contributed by atoms with Crippen LogP contribution < -0.4 is 16.0 Å². The van der Waals surface area contributed by atoms with Gasteiger partial charge in [-0.05, 0) is 6.92 Å². The average molecular weight is 206 g/mol. The molecule has 2 amide bonds. The molecule has 0 aliphatic carbocycles. The van der Waals surface area contributed by atoms with Crippen LogP contribution in [-0.2, 0) is 9.59 Å². The van der Waals surface area contributed by atoms with Crippen molar-refractivity contribution in [2.24, 2.45) is 0 Å². The van der Waals surface area contributed by atoms with E-state index < -0.39 is 6.29 Å². The largest absolute Gasteiger partial charge is 0.323 e. The lowest BCUT2D eigenvalue weighted by atomic mass is 10.2. The Morgan fingerprint density at radius 3 is 3.00 bits per heavy atom. The number of hydrogen-bond acceptors (Lipinski definition) is 3. The Hall–Kier alpha value is -0.810. The first-order chi connectivity index (χ1) is 6.11. The summed E-state index contributed by atoms with van der Waals surface area (Å²) in [4.78, 5) is 21.9. The zero-order valence-electron chi connectivity index (χ0n) is 7.26. The van der Waals surface area contributed by atoms with Crippen LogP contribution >= 0.6 is 11.6 Å². The minimum absolute atomic E-state index is 0.0642. The molecule has 1 aliphatic rings. The van der Waals surface area contributed by atoms with Gasteiger partial charge in [-0.15, -0.1) is 11.6 Å². The van der Waals surface area contributed by atoms with Gasteiger partial charge in [-0.3, -0.25) is 14.9 Å². The fraction of sp³-hybridized carbons (Fsp3) is 0.714. The third-order valence-corrected chi connectivity index (χ3v) is 1.92. The Kier molecular flexibility index (Phi) is 3.50. The van der Waals surface area contributed by atoms with Gasteiger partial charge in [-0.1, -0.05) is 0 Å². The maximum Gasteiger partial charge on any atom is 0.237 e. The van der Waals surface area contributed by atoms with E-state index in [9.17, 15) is 9.59 Å². The van der Waals surface area contributed by atoms with Crippen molar-refractivity contribution in [2.75, 3.05) is 5.88 Å². The maximum absolute atomic E-state index is 11.0. The topological polar surface area (TPSA) is 70.2 Å². The van der Waals surface area contributed by atoms with Crippen LogP contribution in [0.4, 0.5) is 0 Å². The predicted octanol–water partition coefficient (Wildman–Crippen LogP) is -0.877. The molecule has 1 heterocycles. The van der Waals surface area contributed by atoms with E-state index in [2.05, 4.69) is 16.0 Å². The van der Waals surface area contributed by atoms with E-state index in [0.29, 0.717) is 6.42 Å². The Morgan fingerprint density at radius 1 is 1.77 bits per heavy atom. The molecule has 1 rings (SSSR count).